The Labute approximate surface area is 185 Å². The molecule has 0 spiro atoms. The Morgan fingerprint density at radius 2 is 1.57 bits per heavy atom. The van der Waals surface area contributed by atoms with Crippen LogP contribution in [0.1, 0.15) is 23.6 Å². The number of nitrogens with zero attached hydrogens (tertiary/aromatic N) is 1. The summed E-state index contributed by atoms with van der Waals surface area (Å²) in [7, 11) is -4.01. The number of halogens is 1. The second-order valence-corrected chi connectivity index (χ2v) is 9.11. The van der Waals surface area contributed by atoms with Crippen molar-refractivity contribution in [2.75, 3.05) is 6.61 Å². The van der Waals surface area contributed by atoms with Gasteiger partial charge in [-0.3, -0.25) is 4.99 Å². The molecule has 0 aliphatic heterocycles. The fraction of sp³-hybridized carbons (Fsp3) is 0.174. The predicted octanol–water partition coefficient (Wildman–Crippen LogP) is 5.98. The van der Waals surface area contributed by atoms with Gasteiger partial charge in [-0.25, -0.2) is 0 Å². The van der Waals surface area contributed by atoms with E-state index in [1.165, 1.54) is 12.1 Å². The monoisotopic (exact) mass is 487 g/mol. The van der Waals surface area contributed by atoms with Crippen LogP contribution in [0, 0.1) is 13.8 Å². The molecule has 5 nitrogen and oxygen atoms in total. The smallest absolute Gasteiger partial charge is 0.339 e. The van der Waals surface area contributed by atoms with E-state index in [1.54, 1.807) is 30.5 Å². The molecule has 0 radical (unpaired) electrons. The highest BCUT2D eigenvalue weighted by molar-refractivity contribution is 9.10. The average molecular weight is 488 g/mol. The van der Waals surface area contributed by atoms with E-state index >= 15 is 0 Å². The highest BCUT2D eigenvalue weighted by Gasteiger charge is 2.22. The van der Waals surface area contributed by atoms with E-state index in [1.807, 2.05) is 45.0 Å². The minimum Gasteiger partial charge on any atom is -0.490 e. The molecular formula is C23H22BrNO4S. The first-order valence-corrected chi connectivity index (χ1v) is 11.6. The van der Waals surface area contributed by atoms with Crippen LogP contribution in [0.4, 0.5) is 5.69 Å². The Bertz CT molecular complexity index is 1160. The highest BCUT2D eigenvalue weighted by Crippen LogP contribution is 2.38. The van der Waals surface area contributed by atoms with Crippen LogP contribution in [0.3, 0.4) is 0 Å². The number of aryl methyl sites for hydroxylation is 2. The molecule has 7 heteroatoms. The third-order valence-electron chi connectivity index (χ3n) is 4.23. The fourth-order valence-corrected chi connectivity index (χ4v) is 4.25. The Kier molecular flexibility index (Phi) is 6.95. The number of aliphatic imine (C=N–C) groups is 1. The van der Waals surface area contributed by atoms with Crippen molar-refractivity contribution in [1.29, 1.82) is 0 Å². The summed E-state index contributed by atoms with van der Waals surface area (Å²) in [6.07, 6.45) is 1.69. The van der Waals surface area contributed by atoms with E-state index in [4.69, 9.17) is 8.92 Å². The van der Waals surface area contributed by atoms with Gasteiger partial charge in [-0.05, 0) is 78.7 Å². The van der Waals surface area contributed by atoms with Gasteiger partial charge in [-0.2, -0.15) is 8.42 Å². The predicted molar refractivity (Wildman–Crippen MR) is 123 cm³/mol. The Balaban J connectivity index is 1.93. The molecule has 0 aliphatic rings. The van der Waals surface area contributed by atoms with E-state index in [0.717, 1.165) is 22.4 Å². The first-order chi connectivity index (χ1) is 14.3. The van der Waals surface area contributed by atoms with Gasteiger partial charge in [0.25, 0.3) is 0 Å². The summed E-state index contributed by atoms with van der Waals surface area (Å²) in [6.45, 7) is 6.07. The molecule has 156 valence electrons. The van der Waals surface area contributed by atoms with Crippen molar-refractivity contribution in [3.05, 3.63) is 81.8 Å². The number of hydrogen-bond acceptors (Lipinski definition) is 5. The van der Waals surface area contributed by atoms with Crippen LogP contribution < -0.4 is 8.92 Å². The fourth-order valence-electron chi connectivity index (χ4n) is 2.65. The van der Waals surface area contributed by atoms with Gasteiger partial charge in [-0.15, -0.1) is 0 Å². The van der Waals surface area contributed by atoms with Gasteiger partial charge < -0.3 is 8.92 Å². The Morgan fingerprint density at radius 1 is 0.967 bits per heavy atom. The molecule has 30 heavy (non-hydrogen) atoms. The van der Waals surface area contributed by atoms with E-state index in [0.29, 0.717) is 16.8 Å². The number of ether oxygens (including phenoxy) is 1. The van der Waals surface area contributed by atoms with Crippen LogP contribution in [0.25, 0.3) is 0 Å². The SMILES string of the molecule is CCOc1cc(C=Nc2ccc(C)cc2)cc(Br)c1OS(=O)(=O)c1ccc(C)cc1. The molecular weight excluding hydrogens is 466 g/mol. The van der Waals surface area contributed by atoms with E-state index in [2.05, 4.69) is 20.9 Å². The summed E-state index contributed by atoms with van der Waals surface area (Å²) in [5.74, 6) is 0.415. The van der Waals surface area contributed by atoms with E-state index < -0.39 is 10.1 Å². The molecule has 0 bridgehead atoms. The lowest BCUT2D eigenvalue weighted by Crippen LogP contribution is -2.11. The molecule has 0 aromatic heterocycles. The lowest BCUT2D eigenvalue weighted by molar-refractivity contribution is 0.327. The molecule has 0 saturated carbocycles. The quantitative estimate of drug-likeness (QED) is 0.303. The maximum absolute atomic E-state index is 12.7. The van der Waals surface area contributed by atoms with E-state index in [9.17, 15) is 8.42 Å². The zero-order valence-electron chi connectivity index (χ0n) is 16.9. The van der Waals surface area contributed by atoms with Gasteiger partial charge in [0.2, 0.25) is 0 Å². The van der Waals surface area contributed by atoms with Crippen LogP contribution in [0.15, 0.2) is 75.0 Å². The zero-order chi connectivity index (χ0) is 21.7. The van der Waals surface area contributed by atoms with Gasteiger partial charge in [0.1, 0.15) is 4.90 Å². The molecule has 0 saturated heterocycles. The standard InChI is InChI=1S/C23H22BrNO4S/c1-4-28-22-14-18(15-25-19-9-5-16(2)6-10-19)13-21(24)23(22)29-30(26,27)20-11-7-17(3)8-12-20/h5-15H,4H2,1-3H3. The minimum atomic E-state index is -4.01. The largest absolute Gasteiger partial charge is 0.490 e. The second-order valence-electron chi connectivity index (χ2n) is 6.71. The maximum atomic E-state index is 12.7. The molecule has 3 aromatic rings. The molecule has 0 aliphatic carbocycles. The van der Waals surface area contributed by atoms with Crippen LogP contribution in [0.2, 0.25) is 0 Å². The molecule has 3 aromatic carbocycles. The van der Waals surface area contributed by atoms with Gasteiger partial charge in [0, 0.05) is 6.21 Å². The van der Waals surface area contributed by atoms with Crippen molar-refractivity contribution >= 4 is 38.0 Å². The normalized spacial score (nSPS) is 11.6. The molecule has 0 fully saturated rings. The lowest BCUT2D eigenvalue weighted by atomic mass is 10.2. The second kappa shape index (κ2) is 9.45. The van der Waals surface area contributed by atoms with Crippen molar-refractivity contribution in [3.8, 4) is 11.5 Å². The van der Waals surface area contributed by atoms with Gasteiger partial charge >= 0.3 is 10.1 Å². The first kappa shape index (κ1) is 22.1. The number of benzene rings is 3. The summed E-state index contributed by atoms with van der Waals surface area (Å²) >= 11 is 3.41. The first-order valence-electron chi connectivity index (χ1n) is 9.37. The lowest BCUT2D eigenvalue weighted by Gasteiger charge is -2.14. The molecule has 0 atom stereocenters. The zero-order valence-corrected chi connectivity index (χ0v) is 19.3. The Hall–Kier alpha value is -2.64. The summed E-state index contributed by atoms with van der Waals surface area (Å²) < 4.78 is 37.0. The van der Waals surface area contributed by atoms with Crippen LogP contribution in [0.5, 0.6) is 11.5 Å². The minimum absolute atomic E-state index is 0.0764. The Morgan fingerprint density at radius 3 is 2.17 bits per heavy atom. The van der Waals surface area contributed by atoms with Gasteiger partial charge in [0.05, 0.1) is 16.8 Å². The summed E-state index contributed by atoms with van der Waals surface area (Å²) in [6, 6.07) is 17.7. The maximum Gasteiger partial charge on any atom is 0.339 e. The topological polar surface area (TPSA) is 65.0 Å². The molecule has 0 heterocycles. The summed E-state index contributed by atoms with van der Waals surface area (Å²) in [5.41, 5.74) is 3.68. The van der Waals surface area contributed by atoms with E-state index in [-0.39, 0.29) is 10.6 Å². The number of rotatable bonds is 7. The third kappa shape index (κ3) is 5.49. The van der Waals surface area contributed by atoms with Crippen LogP contribution in [-0.4, -0.2) is 21.2 Å². The third-order valence-corrected chi connectivity index (χ3v) is 6.06. The van der Waals surface area contributed by atoms with Crippen molar-refractivity contribution in [3.63, 3.8) is 0 Å². The van der Waals surface area contributed by atoms with Gasteiger partial charge in [-0.1, -0.05) is 35.4 Å². The summed E-state index contributed by atoms with van der Waals surface area (Å²) in [4.78, 5) is 4.54. The van der Waals surface area contributed by atoms with Crippen LogP contribution >= 0.6 is 15.9 Å². The van der Waals surface area contributed by atoms with Crippen molar-refractivity contribution < 1.29 is 17.3 Å². The molecule has 3 rings (SSSR count). The average Bonchev–Trinajstić information content (AvgIpc) is 2.70. The highest BCUT2D eigenvalue weighted by atomic mass is 79.9. The number of hydrogen-bond donors (Lipinski definition) is 0. The van der Waals surface area contributed by atoms with Crippen molar-refractivity contribution in [1.82, 2.24) is 0 Å². The summed E-state index contributed by atoms with van der Waals surface area (Å²) in [5, 5.41) is 0. The van der Waals surface area contributed by atoms with Gasteiger partial charge in [0.15, 0.2) is 11.5 Å². The molecule has 0 N–H and O–H groups in total. The molecule has 0 unspecified atom stereocenters. The van der Waals surface area contributed by atoms with Crippen molar-refractivity contribution in [2.24, 2.45) is 4.99 Å². The molecule has 0 amide bonds. The van der Waals surface area contributed by atoms with Crippen molar-refractivity contribution in [2.45, 2.75) is 25.7 Å². The van der Waals surface area contributed by atoms with Crippen LogP contribution in [-0.2, 0) is 10.1 Å².